The molecule has 1 saturated carbocycles. The lowest BCUT2D eigenvalue weighted by Crippen LogP contribution is -2.37. The molecule has 3 rings (SSSR count). The molecule has 2 atom stereocenters. The van der Waals surface area contributed by atoms with Crippen LogP contribution in [0.3, 0.4) is 0 Å². The summed E-state index contributed by atoms with van der Waals surface area (Å²) in [5.41, 5.74) is 1.29. The minimum absolute atomic E-state index is 0.383. The summed E-state index contributed by atoms with van der Waals surface area (Å²) in [5, 5.41) is 3.46. The Bertz CT molecular complexity index is 468. The summed E-state index contributed by atoms with van der Waals surface area (Å²) in [6.07, 6.45) is 6.86. The number of halogens is 1. The third kappa shape index (κ3) is 2.89. The minimum atomic E-state index is 0.383. The fourth-order valence-corrected chi connectivity index (χ4v) is 4.07. The number of hydrogen-bond donors (Lipinski definition) is 1. The van der Waals surface area contributed by atoms with E-state index in [-0.39, 0.29) is 0 Å². The van der Waals surface area contributed by atoms with Gasteiger partial charge in [-0.25, -0.2) is 0 Å². The first-order chi connectivity index (χ1) is 9.67. The summed E-state index contributed by atoms with van der Waals surface area (Å²) in [6, 6.07) is 6.80. The van der Waals surface area contributed by atoms with Crippen molar-refractivity contribution in [2.24, 2.45) is 11.8 Å². The van der Waals surface area contributed by atoms with E-state index in [1.807, 2.05) is 0 Å². The van der Waals surface area contributed by atoms with Crippen LogP contribution in [0.1, 0.15) is 50.6 Å². The van der Waals surface area contributed by atoms with Crippen LogP contribution in [0.2, 0.25) is 0 Å². The average molecular weight is 338 g/mol. The first kappa shape index (κ1) is 14.4. The summed E-state index contributed by atoms with van der Waals surface area (Å²) in [5.74, 6) is 2.71. The van der Waals surface area contributed by atoms with Crippen molar-refractivity contribution in [3.05, 3.63) is 28.2 Å². The summed E-state index contributed by atoms with van der Waals surface area (Å²) in [6.45, 7) is 2.38. The summed E-state index contributed by atoms with van der Waals surface area (Å²) >= 11 is 3.56. The van der Waals surface area contributed by atoms with E-state index < -0.39 is 0 Å². The van der Waals surface area contributed by atoms with Crippen molar-refractivity contribution in [2.45, 2.75) is 51.2 Å². The zero-order valence-corrected chi connectivity index (χ0v) is 13.9. The van der Waals surface area contributed by atoms with E-state index in [0.29, 0.717) is 12.1 Å². The van der Waals surface area contributed by atoms with Gasteiger partial charge in [-0.15, -0.1) is 0 Å². The van der Waals surface area contributed by atoms with E-state index >= 15 is 0 Å². The Kier molecular flexibility index (Phi) is 4.37. The standard InChI is InChI=1S/C17H24BrNO/c1-11-3-5-12(6-4-11)17-10-15(19-2)14-9-13(18)7-8-16(14)20-17/h7-9,11-12,15,17,19H,3-6,10H2,1-2H3. The van der Waals surface area contributed by atoms with Gasteiger partial charge in [0.1, 0.15) is 11.9 Å². The van der Waals surface area contributed by atoms with Crippen LogP contribution in [0, 0.1) is 11.8 Å². The molecule has 1 heterocycles. The summed E-state index contributed by atoms with van der Waals surface area (Å²) in [4.78, 5) is 0. The number of hydrogen-bond acceptors (Lipinski definition) is 2. The molecule has 0 spiro atoms. The van der Waals surface area contributed by atoms with Crippen LogP contribution in [0.15, 0.2) is 22.7 Å². The largest absolute Gasteiger partial charge is 0.490 e. The predicted octanol–water partition coefficient (Wildman–Crippen LogP) is 4.69. The van der Waals surface area contributed by atoms with E-state index in [4.69, 9.17) is 4.74 Å². The Balaban J connectivity index is 1.78. The van der Waals surface area contributed by atoms with Crippen molar-refractivity contribution >= 4 is 15.9 Å². The van der Waals surface area contributed by atoms with Crippen LogP contribution in [-0.4, -0.2) is 13.2 Å². The second-order valence-electron chi connectivity index (χ2n) is 6.44. The molecule has 2 unspecified atom stereocenters. The van der Waals surface area contributed by atoms with Crippen molar-refractivity contribution in [3.8, 4) is 5.75 Å². The maximum absolute atomic E-state index is 6.33. The topological polar surface area (TPSA) is 21.3 Å². The molecule has 1 aliphatic carbocycles. The lowest BCUT2D eigenvalue weighted by atomic mass is 9.77. The quantitative estimate of drug-likeness (QED) is 0.845. The van der Waals surface area contributed by atoms with E-state index in [1.165, 1.54) is 31.2 Å². The molecule has 20 heavy (non-hydrogen) atoms. The number of benzene rings is 1. The van der Waals surface area contributed by atoms with Gasteiger partial charge in [-0.3, -0.25) is 0 Å². The van der Waals surface area contributed by atoms with Crippen molar-refractivity contribution in [1.29, 1.82) is 0 Å². The first-order valence-corrected chi connectivity index (χ1v) is 8.60. The Labute approximate surface area is 130 Å². The SMILES string of the molecule is CNC1CC(C2CCC(C)CC2)Oc2ccc(Br)cc21. The highest BCUT2D eigenvalue weighted by molar-refractivity contribution is 9.10. The summed E-state index contributed by atoms with van der Waals surface area (Å²) < 4.78 is 7.46. The van der Waals surface area contributed by atoms with Gasteiger partial charge < -0.3 is 10.1 Å². The molecule has 1 aromatic carbocycles. The maximum atomic E-state index is 6.33. The van der Waals surface area contributed by atoms with Gasteiger partial charge >= 0.3 is 0 Å². The second kappa shape index (κ2) is 6.07. The van der Waals surface area contributed by atoms with Gasteiger partial charge in [-0.2, -0.15) is 0 Å². The van der Waals surface area contributed by atoms with Gasteiger partial charge in [-0.1, -0.05) is 35.7 Å². The van der Waals surface area contributed by atoms with Gasteiger partial charge in [-0.05, 0) is 49.9 Å². The molecule has 0 aromatic heterocycles. The fourth-order valence-electron chi connectivity index (χ4n) is 3.69. The normalized spacial score (nSPS) is 33.4. The molecule has 2 aliphatic rings. The Morgan fingerprint density at radius 2 is 1.95 bits per heavy atom. The monoisotopic (exact) mass is 337 g/mol. The number of rotatable bonds is 2. The summed E-state index contributed by atoms with van der Waals surface area (Å²) in [7, 11) is 2.06. The molecule has 0 saturated heterocycles. The van der Waals surface area contributed by atoms with E-state index in [9.17, 15) is 0 Å². The molecular weight excluding hydrogens is 314 g/mol. The third-order valence-corrected chi connectivity index (χ3v) is 5.52. The molecule has 1 aliphatic heterocycles. The molecule has 0 amide bonds. The van der Waals surface area contributed by atoms with Crippen molar-refractivity contribution < 1.29 is 4.74 Å². The van der Waals surface area contributed by atoms with Crippen LogP contribution in [0.5, 0.6) is 5.75 Å². The lowest BCUT2D eigenvalue weighted by molar-refractivity contribution is 0.0662. The zero-order valence-electron chi connectivity index (χ0n) is 12.4. The van der Waals surface area contributed by atoms with E-state index in [0.717, 1.165) is 28.5 Å². The zero-order chi connectivity index (χ0) is 14.1. The van der Waals surface area contributed by atoms with Gasteiger partial charge in [0.2, 0.25) is 0 Å². The molecule has 1 N–H and O–H groups in total. The van der Waals surface area contributed by atoms with E-state index in [2.05, 4.69) is 53.4 Å². The van der Waals surface area contributed by atoms with Crippen LogP contribution < -0.4 is 10.1 Å². The van der Waals surface area contributed by atoms with Gasteiger partial charge in [0.15, 0.2) is 0 Å². The van der Waals surface area contributed by atoms with Crippen molar-refractivity contribution in [1.82, 2.24) is 5.32 Å². The highest BCUT2D eigenvalue weighted by Gasteiger charge is 2.34. The maximum Gasteiger partial charge on any atom is 0.124 e. The van der Waals surface area contributed by atoms with Gasteiger partial charge in [0, 0.05) is 22.5 Å². The smallest absolute Gasteiger partial charge is 0.124 e. The Morgan fingerprint density at radius 3 is 2.65 bits per heavy atom. The molecule has 1 fully saturated rings. The Morgan fingerprint density at radius 1 is 1.20 bits per heavy atom. The molecule has 0 radical (unpaired) electrons. The molecule has 2 nitrogen and oxygen atoms in total. The number of fused-ring (bicyclic) bond motifs is 1. The van der Waals surface area contributed by atoms with Crippen LogP contribution in [0.25, 0.3) is 0 Å². The lowest BCUT2D eigenvalue weighted by Gasteiger charge is -2.39. The highest BCUT2D eigenvalue weighted by atomic mass is 79.9. The van der Waals surface area contributed by atoms with Gasteiger partial charge in [0.05, 0.1) is 0 Å². The predicted molar refractivity (Wildman–Crippen MR) is 86.1 cm³/mol. The van der Waals surface area contributed by atoms with Gasteiger partial charge in [0.25, 0.3) is 0 Å². The van der Waals surface area contributed by atoms with Crippen molar-refractivity contribution in [3.63, 3.8) is 0 Å². The number of nitrogens with one attached hydrogen (secondary N) is 1. The minimum Gasteiger partial charge on any atom is -0.490 e. The third-order valence-electron chi connectivity index (χ3n) is 5.03. The van der Waals surface area contributed by atoms with Crippen LogP contribution >= 0.6 is 15.9 Å². The molecule has 0 bridgehead atoms. The van der Waals surface area contributed by atoms with Crippen molar-refractivity contribution in [2.75, 3.05) is 7.05 Å². The van der Waals surface area contributed by atoms with Crippen LogP contribution in [0.4, 0.5) is 0 Å². The average Bonchev–Trinajstić information content (AvgIpc) is 2.47. The second-order valence-corrected chi connectivity index (χ2v) is 7.35. The number of ether oxygens (including phenoxy) is 1. The Hall–Kier alpha value is -0.540. The fraction of sp³-hybridized carbons (Fsp3) is 0.647. The molecular formula is C17H24BrNO. The van der Waals surface area contributed by atoms with E-state index in [1.54, 1.807) is 0 Å². The highest BCUT2D eigenvalue weighted by Crippen LogP contribution is 2.41. The molecule has 3 heteroatoms. The molecule has 110 valence electrons. The first-order valence-electron chi connectivity index (χ1n) is 7.80. The molecule has 1 aromatic rings. The van der Waals surface area contributed by atoms with Crippen LogP contribution in [-0.2, 0) is 0 Å².